The normalized spacial score (nSPS) is 11.8. The zero-order chi connectivity index (χ0) is 29.1. The van der Waals surface area contributed by atoms with Crippen LogP contribution in [0.1, 0.15) is 36.2 Å². The third-order valence-electron chi connectivity index (χ3n) is 7.75. The van der Waals surface area contributed by atoms with Gasteiger partial charge in [-0.05, 0) is 121 Å². The van der Waals surface area contributed by atoms with Crippen LogP contribution < -0.4 is 9.80 Å². The minimum Gasteiger partial charge on any atom is -0.310 e. The lowest BCUT2D eigenvalue weighted by Gasteiger charge is -2.29. The number of hydrogen-bond donors (Lipinski definition) is 0. The van der Waals surface area contributed by atoms with Crippen LogP contribution in [-0.2, 0) is 0 Å². The molecule has 6 rings (SSSR count). The summed E-state index contributed by atoms with van der Waals surface area (Å²) >= 11 is 0. The molecule has 208 valence electrons. The second kappa shape index (κ2) is 11.9. The Bertz CT molecular complexity index is 1760. The molecule has 0 bridgehead atoms. The van der Waals surface area contributed by atoms with Gasteiger partial charge in [-0.25, -0.2) is 4.39 Å². The van der Waals surface area contributed by atoms with Gasteiger partial charge in [-0.1, -0.05) is 73.7 Å². The van der Waals surface area contributed by atoms with Crippen molar-refractivity contribution in [3.05, 3.63) is 156 Å². The van der Waals surface area contributed by atoms with Gasteiger partial charge in [0, 0.05) is 34.1 Å². The molecule has 1 atom stereocenters. The quantitative estimate of drug-likeness (QED) is 0.186. The Labute approximate surface area is 248 Å². The van der Waals surface area contributed by atoms with Crippen molar-refractivity contribution in [2.24, 2.45) is 0 Å². The Hall–Kier alpha value is -4.89. The molecule has 1 unspecified atom stereocenters. The SMILES string of the molecule is CCC(F)c1ccc(N(c2ccc(N(c3cccc(C)c3)c3cccc(C)c3)cc2)c2ccc3ccccc3c2)cc1. The smallest absolute Gasteiger partial charge is 0.125 e. The molecule has 0 N–H and O–H groups in total. The van der Waals surface area contributed by atoms with Gasteiger partial charge >= 0.3 is 0 Å². The lowest BCUT2D eigenvalue weighted by Crippen LogP contribution is -2.12. The fraction of sp³-hybridized carbons (Fsp3) is 0.128. The molecule has 0 fully saturated rings. The zero-order valence-electron chi connectivity index (χ0n) is 24.3. The van der Waals surface area contributed by atoms with E-state index in [1.54, 1.807) is 0 Å². The highest BCUT2D eigenvalue weighted by Crippen LogP contribution is 2.40. The number of anilines is 6. The Kier molecular flexibility index (Phi) is 7.74. The fourth-order valence-corrected chi connectivity index (χ4v) is 5.56. The second-order valence-electron chi connectivity index (χ2n) is 10.9. The van der Waals surface area contributed by atoms with Crippen molar-refractivity contribution in [3.63, 3.8) is 0 Å². The molecule has 0 aliphatic rings. The number of rotatable bonds is 8. The number of aryl methyl sites for hydroxylation is 2. The van der Waals surface area contributed by atoms with Gasteiger partial charge in [0.15, 0.2) is 0 Å². The van der Waals surface area contributed by atoms with Gasteiger partial charge in [-0.3, -0.25) is 0 Å². The zero-order valence-corrected chi connectivity index (χ0v) is 24.3. The van der Waals surface area contributed by atoms with Crippen LogP contribution in [0.15, 0.2) is 140 Å². The average molecular weight is 551 g/mol. The summed E-state index contributed by atoms with van der Waals surface area (Å²) in [7, 11) is 0. The minimum atomic E-state index is -0.957. The largest absolute Gasteiger partial charge is 0.310 e. The number of hydrogen-bond acceptors (Lipinski definition) is 2. The van der Waals surface area contributed by atoms with Crippen LogP contribution in [-0.4, -0.2) is 0 Å². The maximum Gasteiger partial charge on any atom is 0.125 e. The van der Waals surface area contributed by atoms with E-state index in [0.29, 0.717) is 12.0 Å². The summed E-state index contributed by atoms with van der Waals surface area (Å²) in [5.41, 5.74) is 9.52. The van der Waals surface area contributed by atoms with E-state index in [0.717, 1.165) is 34.1 Å². The van der Waals surface area contributed by atoms with E-state index in [2.05, 4.69) is 139 Å². The predicted molar refractivity (Wildman–Crippen MR) is 177 cm³/mol. The summed E-state index contributed by atoms with van der Waals surface area (Å²) in [6, 6.07) is 48.7. The number of fused-ring (bicyclic) bond motifs is 1. The van der Waals surface area contributed by atoms with E-state index in [9.17, 15) is 4.39 Å². The molecule has 0 aliphatic heterocycles. The van der Waals surface area contributed by atoms with Crippen LogP contribution in [0, 0.1) is 13.8 Å². The van der Waals surface area contributed by atoms with Gasteiger partial charge in [0.2, 0.25) is 0 Å². The van der Waals surface area contributed by atoms with Crippen LogP contribution in [0.5, 0.6) is 0 Å². The number of benzene rings is 6. The molecule has 0 aliphatic carbocycles. The van der Waals surface area contributed by atoms with Crippen LogP contribution in [0.4, 0.5) is 38.5 Å². The van der Waals surface area contributed by atoms with E-state index in [-0.39, 0.29) is 0 Å². The molecule has 0 heterocycles. The first-order valence-corrected chi connectivity index (χ1v) is 14.6. The Morgan fingerprint density at radius 1 is 0.476 bits per heavy atom. The standard InChI is InChI=1S/C39H35FN2/c1-4-39(40)31-16-18-33(19-17-31)41(38-20-15-30-11-5-6-12-32(30)27-38)34-21-23-35(24-22-34)42(36-13-7-9-28(2)25-36)37-14-8-10-29(3)26-37/h5-27,39H,4H2,1-3H3. The third-order valence-corrected chi connectivity index (χ3v) is 7.75. The van der Waals surface area contributed by atoms with Gasteiger partial charge < -0.3 is 9.80 Å². The molecular weight excluding hydrogens is 515 g/mol. The molecular formula is C39H35FN2. The summed E-state index contributed by atoms with van der Waals surface area (Å²) in [4.78, 5) is 4.54. The molecule has 0 aromatic heterocycles. The monoisotopic (exact) mass is 550 g/mol. The van der Waals surface area contributed by atoms with Crippen LogP contribution >= 0.6 is 0 Å². The average Bonchev–Trinajstić information content (AvgIpc) is 3.02. The molecule has 6 aromatic rings. The van der Waals surface area contributed by atoms with Gasteiger partial charge in [-0.15, -0.1) is 0 Å². The van der Waals surface area contributed by atoms with Gasteiger partial charge in [-0.2, -0.15) is 0 Å². The van der Waals surface area contributed by atoms with E-state index in [4.69, 9.17) is 0 Å². The summed E-state index contributed by atoms with van der Waals surface area (Å²) in [6.07, 6.45) is -0.491. The number of halogens is 1. The second-order valence-corrected chi connectivity index (χ2v) is 10.9. The number of alkyl halides is 1. The Morgan fingerprint density at radius 3 is 1.45 bits per heavy atom. The van der Waals surface area contributed by atoms with E-state index in [1.807, 2.05) is 31.2 Å². The summed E-state index contributed by atoms with van der Waals surface area (Å²) < 4.78 is 14.4. The topological polar surface area (TPSA) is 6.48 Å². The van der Waals surface area contributed by atoms with Crippen molar-refractivity contribution >= 4 is 44.9 Å². The van der Waals surface area contributed by atoms with Crippen molar-refractivity contribution in [2.45, 2.75) is 33.4 Å². The lowest BCUT2D eigenvalue weighted by atomic mass is 10.1. The summed E-state index contributed by atoms with van der Waals surface area (Å²) in [5, 5.41) is 2.37. The van der Waals surface area contributed by atoms with Crippen molar-refractivity contribution < 1.29 is 4.39 Å². The molecule has 6 aromatic carbocycles. The first kappa shape index (κ1) is 27.3. The molecule has 0 radical (unpaired) electrons. The molecule has 0 amide bonds. The van der Waals surface area contributed by atoms with E-state index >= 15 is 0 Å². The maximum absolute atomic E-state index is 14.4. The van der Waals surface area contributed by atoms with Crippen molar-refractivity contribution in [2.75, 3.05) is 9.80 Å². The van der Waals surface area contributed by atoms with Crippen LogP contribution in [0.2, 0.25) is 0 Å². The molecule has 42 heavy (non-hydrogen) atoms. The highest BCUT2D eigenvalue weighted by atomic mass is 19.1. The fourth-order valence-electron chi connectivity index (χ4n) is 5.56. The van der Waals surface area contributed by atoms with E-state index in [1.165, 1.54) is 21.9 Å². The lowest BCUT2D eigenvalue weighted by molar-refractivity contribution is 0.334. The highest BCUT2D eigenvalue weighted by Gasteiger charge is 2.17. The van der Waals surface area contributed by atoms with Crippen LogP contribution in [0.25, 0.3) is 10.8 Å². The maximum atomic E-state index is 14.4. The third kappa shape index (κ3) is 5.64. The van der Waals surface area contributed by atoms with Crippen LogP contribution in [0.3, 0.4) is 0 Å². The van der Waals surface area contributed by atoms with Crippen molar-refractivity contribution in [1.29, 1.82) is 0 Å². The molecule has 0 saturated carbocycles. The first-order valence-electron chi connectivity index (χ1n) is 14.6. The molecule has 3 heteroatoms. The van der Waals surface area contributed by atoms with Gasteiger partial charge in [0.25, 0.3) is 0 Å². The predicted octanol–water partition coefficient (Wildman–Crippen LogP) is 11.8. The van der Waals surface area contributed by atoms with Gasteiger partial charge in [0.05, 0.1) is 0 Å². The minimum absolute atomic E-state index is 0.466. The van der Waals surface area contributed by atoms with Crippen molar-refractivity contribution in [3.8, 4) is 0 Å². The Balaban J connectivity index is 1.45. The van der Waals surface area contributed by atoms with E-state index < -0.39 is 6.17 Å². The Morgan fingerprint density at radius 2 is 0.929 bits per heavy atom. The summed E-state index contributed by atoms with van der Waals surface area (Å²) in [6.45, 7) is 6.12. The number of nitrogens with zero attached hydrogens (tertiary/aromatic N) is 2. The summed E-state index contributed by atoms with van der Waals surface area (Å²) in [5.74, 6) is 0. The first-order chi connectivity index (χ1) is 20.5. The van der Waals surface area contributed by atoms with Gasteiger partial charge in [0.1, 0.15) is 6.17 Å². The molecule has 0 saturated heterocycles. The highest BCUT2D eigenvalue weighted by molar-refractivity contribution is 5.89. The molecule has 0 spiro atoms. The molecule has 2 nitrogen and oxygen atoms in total. The van der Waals surface area contributed by atoms with Crippen molar-refractivity contribution in [1.82, 2.24) is 0 Å².